The third-order valence-electron chi connectivity index (χ3n) is 2.44. The van der Waals surface area contributed by atoms with E-state index in [4.69, 9.17) is 4.42 Å². The SMILES string of the molecule is CCn1nc(CC(=O)N/N=C/c2ccco2)nc1C. The van der Waals surface area contributed by atoms with E-state index in [2.05, 4.69) is 20.6 Å². The number of hydrogen-bond donors (Lipinski definition) is 1. The molecule has 7 nitrogen and oxygen atoms in total. The molecule has 1 amide bonds. The lowest BCUT2D eigenvalue weighted by molar-refractivity contribution is -0.120. The number of furan rings is 1. The van der Waals surface area contributed by atoms with E-state index in [1.165, 1.54) is 12.5 Å². The van der Waals surface area contributed by atoms with Crippen LogP contribution in [0.25, 0.3) is 0 Å². The predicted octanol–water partition coefficient (Wildman–Crippen LogP) is 0.892. The largest absolute Gasteiger partial charge is 0.463 e. The highest BCUT2D eigenvalue weighted by Gasteiger charge is 2.09. The van der Waals surface area contributed by atoms with Crippen molar-refractivity contribution in [3.63, 3.8) is 0 Å². The summed E-state index contributed by atoms with van der Waals surface area (Å²) in [5, 5.41) is 7.98. The first kappa shape index (κ1) is 13.0. The van der Waals surface area contributed by atoms with E-state index in [1.54, 1.807) is 16.8 Å². The number of nitrogens with one attached hydrogen (secondary N) is 1. The molecule has 0 saturated carbocycles. The minimum atomic E-state index is -0.268. The van der Waals surface area contributed by atoms with Crippen LogP contribution in [0.1, 0.15) is 24.3 Å². The van der Waals surface area contributed by atoms with E-state index in [0.717, 1.165) is 12.4 Å². The Morgan fingerprint density at radius 1 is 1.63 bits per heavy atom. The molecule has 1 N–H and O–H groups in total. The third-order valence-corrected chi connectivity index (χ3v) is 2.44. The van der Waals surface area contributed by atoms with Crippen molar-refractivity contribution in [3.8, 4) is 0 Å². The molecular weight excluding hydrogens is 246 g/mol. The molecule has 2 aromatic rings. The first-order chi connectivity index (χ1) is 9.19. The van der Waals surface area contributed by atoms with E-state index in [1.807, 2.05) is 13.8 Å². The lowest BCUT2D eigenvalue weighted by Gasteiger charge is -1.95. The molecule has 0 aromatic carbocycles. The van der Waals surface area contributed by atoms with Gasteiger partial charge in [0, 0.05) is 6.54 Å². The Bertz CT molecular complexity index is 571. The van der Waals surface area contributed by atoms with E-state index < -0.39 is 0 Å². The van der Waals surface area contributed by atoms with Crippen LogP contribution < -0.4 is 5.43 Å². The number of hydrogen-bond acceptors (Lipinski definition) is 5. The first-order valence-electron chi connectivity index (χ1n) is 5.94. The average molecular weight is 261 g/mol. The van der Waals surface area contributed by atoms with Gasteiger partial charge in [-0.2, -0.15) is 10.2 Å². The maximum Gasteiger partial charge on any atom is 0.247 e. The standard InChI is InChI=1S/C12H15N5O2/c1-3-17-9(2)14-11(16-17)7-12(18)15-13-8-10-5-4-6-19-10/h4-6,8H,3,7H2,1-2H3,(H,15,18)/b13-8+. The Hall–Kier alpha value is -2.44. The van der Waals surface area contributed by atoms with Gasteiger partial charge in [-0.15, -0.1) is 0 Å². The van der Waals surface area contributed by atoms with Gasteiger partial charge in [0.25, 0.3) is 0 Å². The van der Waals surface area contributed by atoms with Crippen LogP contribution in [-0.2, 0) is 17.8 Å². The number of carbonyl (C=O) groups excluding carboxylic acids is 1. The number of hydrazone groups is 1. The Kier molecular flexibility index (Phi) is 4.07. The molecule has 2 rings (SSSR count). The topological polar surface area (TPSA) is 85.3 Å². The summed E-state index contributed by atoms with van der Waals surface area (Å²) in [6, 6.07) is 3.48. The van der Waals surface area contributed by atoms with Gasteiger partial charge in [0.1, 0.15) is 11.6 Å². The summed E-state index contributed by atoms with van der Waals surface area (Å²) in [7, 11) is 0. The van der Waals surface area contributed by atoms with Crippen LogP contribution in [0.15, 0.2) is 27.9 Å². The zero-order valence-electron chi connectivity index (χ0n) is 10.8. The lowest BCUT2D eigenvalue weighted by atomic mass is 10.4. The van der Waals surface area contributed by atoms with Crippen molar-refractivity contribution in [1.29, 1.82) is 0 Å². The van der Waals surface area contributed by atoms with Gasteiger partial charge in [-0.05, 0) is 26.0 Å². The van der Waals surface area contributed by atoms with Crippen LogP contribution in [0.5, 0.6) is 0 Å². The molecule has 0 spiro atoms. The van der Waals surface area contributed by atoms with Gasteiger partial charge in [-0.25, -0.2) is 10.4 Å². The summed E-state index contributed by atoms with van der Waals surface area (Å²) >= 11 is 0. The molecule has 7 heteroatoms. The quantitative estimate of drug-likeness (QED) is 0.640. The van der Waals surface area contributed by atoms with Crippen LogP contribution in [-0.4, -0.2) is 26.9 Å². The maximum absolute atomic E-state index is 11.6. The van der Waals surface area contributed by atoms with Gasteiger partial charge in [0.05, 0.1) is 18.9 Å². The van der Waals surface area contributed by atoms with Gasteiger partial charge >= 0.3 is 0 Å². The van der Waals surface area contributed by atoms with E-state index in [-0.39, 0.29) is 12.3 Å². The molecular formula is C12H15N5O2. The Labute approximate surface area is 110 Å². The number of aromatic nitrogens is 3. The Morgan fingerprint density at radius 3 is 3.11 bits per heavy atom. The molecule has 0 radical (unpaired) electrons. The molecule has 0 bridgehead atoms. The highest BCUT2D eigenvalue weighted by molar-refractivity contribution is 5.81. The van der Waals surface area contributed by atoms with E-state index in [0.29, 0.717) is 11.6 Å². The van der Waals surface area contributed by atoms with Gasteiger partial charge in [-0.3, -0.25) is 9.48 Å². The summed E-state index contributed by atoms with van der Waals surface area (Å²) in [6.07, 6.45) is 3.07. The second kappa shape index (κ2) is 5.94. The summed E-state index contributed by atoms with van der Waals surface area (Å²) in [6.45, 7) is 4.56. The molecule has 0 aliphatic heterocycles. The second-order valence-electron chi connectivity index (χ2n) is 3.88. The van der Waals surface area contributed by atoms with Crippen LogP contribution in [0.3, 0.4) is 0 Å². The molecule has 0 aliphatic carbocycles. The zero-order chi connectivity index (χ0) is 13.7. The van der Waals surface area contributed by atoms with Crippen molar-refractivity contribution < 1.29 is 9.21 Å². The number of rotatable bonds is 5. The molecule has 0 unspecified atom stereocenters. The molecule has 100 valence electrons. The van der Waals surface area contributed by atoms with Crippen LogP contribution >= 0.6 is 0 Å². The lowest BCUT2D eigenvalue weighted by Crippen LogP contribution is -2.20. The molecule has 0 fully saturated rings. The molecule has 0 aliphatic rings. The van der Waals surface area contributed by atoms with Crippen molar-refractivity contribution in [2.24, 2.45) is 5.10 Å². The Morgan fingerprint density at radius 2 is 2.47 bits per heavy atom. The number of aryl methyl sites for hydroxylation is 2. The maximum atomic E-state index is 11.6. The van der Waals surface area contributed by atoms with Crippen LogP contribution in [0.2, 0.25) is 0 Å². The van der Waals surface area contributed by atoms with Crippen molar-refractivity contribution in [2.45, 2.75) is 26.8 Å². The van der Waals surface area contributed by atoms with Crippen molar-refractivity contribution in [2.75, 3.05) is 0 Å². The fourth-order valence-electron chi connectivity index (χ4n) is 1.57. The molecule has 0 atom stereocenters. The zero-order valence-corrected chi connectivity index (χ0v) is 10.8. The third kappa shape index (κ3) is 3.51. The minimum absolute atomic E-state index is 0.101. The summed E-state index contributed by atoms with van der Waals surface area (Å²) in [4.78, 5) is 15.8. The van der Waals surface area contributed by atoms with Gasteiger partial charge < -0.3 is 4.42 Å². The van der Waals surface area contributed by atoms with Crippen molar-refractivity contribution in [3.05, 3.63) is 35.8 Å². The van der Waals surface area contributed by atoms with Gasteiger partial charge in [0.2, 0.25) is 5.91 Å². The summed E-state index contributed by atoms with van der Waals surface area (Å²) in [5.41, 5.74) is 2.40. The smallest absolute Gasteiger partial charge is 0.247 e. The number of amides is 1. The van der Waals surface area contributed by atoms with E-state index >= 15 is 0 Å². The summed E-state index contributed by atoms with van der Waals surface area (Å²) in [5.74, 6) is 1.59. The fourth-order valence-corrected chi connectivity index (χ4v) is 1.57. The van der Waals surface area contributed by atoms with Crippen molar-refractivity contribution >= 4 is 12.1 Å². The second-order valence-corrected chi connectivity index (χ2v) is 3.88. The molecule has 2 heterocycles. The van der Waals surface area contributed by atoms with Gasteiger partial charge in [-0.1, -0.05) is 0 Å². The Balaban J connectivity index is 1.87. The summed E-state index contributed by atoms with van der Waals surface area (Å²) < 4.78 is 6.78. The number of nitrogens with zero attached hydrogens (tertiary/aromatic N) is 4. The number of carbonyl (C=O) groups is 1. The normalized spacial score (nSPS) is 11.1. The minimum Gasteiger partial charge on any atom is -0.463 e. The fraction of sp³-hybridized carbons (Fsp3) is 0.333. The monoisotopic (exact) mass is 261 g/mol. The average Bonchev–Trinajstić information content (AvgIpc) is 2.99. The van der Waals surface area contributed by atoms with Gasteiger partial charge in [0.15, 0.2) is 5.82 Å². The highest BCUT2D eigenvalue weighted by atomic mass is 16.3. The predicted molar refractivity (Wildman–Crippen MR) is 68.6 cm³/mol. The molecule has 19 heavy (non-hydrogen) atoms. The van der Waals surface area contributed by atoms with Crippen LogP contribution in [0.4, 0.5) is 0 Å². The van der Waals surface area contributed by atoms with Crippen LogP contribution in [0, 0.1) is 6.92 Å². The molecule has 0 saturated heterocycles. The highest BCUT2D eigenvalue weighted by Crippen LogP contribution is 1.98. The van der Waals surface area contributed by atoms with E-state index in [9.17, 15) is 4.79 Å². The first-order valence-corrected chi connectivity index (χ1v) is 5.94. The molecule has 2 aromatic heterocycles. The van der Waals surface area contributed by atoms with Crippen molar-refractivity contribution in [1.82, 2.24) is 20.2 Å².